The van der Waals surface area contributed by atoms with E-state index in [4.69, 9.17) is 14.2 Å². The standard InChI is InChI=1S/C25H41NO5.C5H10/c1-17-5-6-21-19-15-29-16-31-22(19)7-11-25(21,4)20(17)10-14-30-18-8-12-26(13-9-18)24(2,3)23(27)28;1-2-4-5-3-1/h18-22H,1,5-16H2,2-4H3,(H,27,28);1-5H2. The Morgan fingerprint density at radius 1 is 1.14 bits per heavy atom. The van der Waals surface area contributed by atoms with Crippen LogP contribution in [0.4, 0.5) is 0 Å². The van der Waals surface area contributed by atoms with E-state index >= 15 is 0 Å². The molecule has 0 spiro atoms. The van der Waals surface area contributed by atoms with Crippen LogP contribution in [0.5, 0.6) is 0 Å². The molecule has 6 heteroatoms. The zero-order valence-corrected chi connectivity index (χ0v) is 23.1. The molecule has 2 aliphatic heterocycles. The highest BCUT2D eigenvalue weighted by atomic mass is 16.7. The number of carbonyl (C=O) groups is 1. The number of likely N-dealkylation sites (tertiary alicyclic amines) is 1. The lowest BCUT2D eigenvalue weighted by atomic mass is 9.50. The molecule has 3 saturated carbocycles. The lowest BCUT2D eigenvalue weighted by molar-refractivity contribution is -0.219. The normalized spacial score (nSPS) is 35.9. The van der Waals surface area contributed by atoms with E-state index in [1.165, 1.54) is 50.5 Å². The van der Waals surface area contributed by atoms with E-state index in [0.29, 0.717) is 30.7 Å². The Bertz CT molecular complexity index is 734. The van der Waals surface area contributed by atoms with Crippen molar-refractivity contribution in [1.82, 2.24) is 4.90 Å². The van der Waals surface area contributed by atoms with Gasteiger partial charge in [-0.1, -0.05) is 51.2 Å². The van der Waals surface area contributed by atoms with Crippen LogP contribution in [0.2, 0.25) is 0 Å². The van der Waals surface area contributed by atoms with Crippen LogP contribution in [0.3, 0.4) is 0 Å². The molecule has 0 aromatic carbocycles. The number of ether oxygens (including phenoxy) is 3. The molecule has 0 aromatic rings. The highest BCUT2D eigenvalue weighted by Crippen LogP contribution is 2.58. The van der Waals surface area contributed by atoms with Crippen LogP contribution in [0.15, 0.2) is 12.2 Å². The molecule has 3 aliphatic carbocycles. The monoisotopic (exact) mass is 505 g/mol. The van der Waals surface area contributed by atoms with Crippen molar-refractivity contribution in [2.45, 2.75) is 116 Å². The van der Waals surface area contributed by atoms with Gasteiger partial charge >= 0.3 is 5.97 Å². The Morgan fingerprint density at radius 3 is 2.44 bits per heavy atom. The first kappa shape index (κ1) is 28.1. The minimum absolute atomic E-state index is 0.234. The molecule has 5 aliphatic rings. The van der Waals surface area contributed by atoms with Crippen molar-refractivity contribution in [2.75, 3.05) is 33.1 Å². The van der Waals surface area contributed by atoms with Gasteiger partial charge in [0.1, 0.15) is 12.3 Å². The molecule has 2 heterocycles. The van der Waals surface area contributed by atoms with E-state index in [1.54, 1.807) is 13.8 Å². The maximum atomic E-state index is 11.5. The summed E-state index contributed by atoms with van der Waals surface area (Å²) >= 11 is 0. The van der Waals surface area contributed by atoms with E-state index < -0.39 is 11.5 Å². The second-order valence-corrected chi connectivity index (χ2v) is 12.7. The summed E-state index contributed by atoms with van der Waals surface area (Å²) in [4.78, 5) is 13.6. The Kier molecular flexibility index (Phi) is 9.57. The van der Waals surface area contributed by atoms with Crippen molar-refractivity contribution < 1.29 is 24.1 Å². The topological polar surface area (TPSA) is 68.2 Å². The summed E-state index contributed by atoms with van der Waals surface area (Å²) in [5, 5.41) is 9.46. The highest BCUT2D eigenvalue weighted by Gasteiger charge is 2.53. The van der Waals surface area contributed by atoms with Gasteiger partial charge in [0.15, 0.2) is 0 Å². The second kappa shape index (κ2) is 12.3. The van der Waals surface area contributed by atoms with Crippen LogP contribution in [0, 0.1) is 23.2 Å². The number of piperidine rings is 1. The average molecular weight is 506 g/mol. The van der Waals surface area contributed by atoms with Crippen molar-refractivity contribution in [3.8, 4) is 0 Å². The van der Waals surface area contributed by atoms with E-state index in [1.807, 2.05) is 0 Å². The molecule has 6 nitrogen and oxygen atoms in total. The first-order chi connectivity index (χ1) is 17.2. The van der Waals surface area contributed by atoms with Gasteiger partial charge < -0.3 is 19.3 Å². The zero-order chi connectivity index (χ0) is 25.8. The second-order valence-electron chi connectivity index (χ2n) is 12.7. The molecule has 0 bridgehead atoms. The summed E-state index contributed by atoms with van der Waals surface area (Å²) in [6, 6.07) is 0. The van der Waals surface area contributed by atoms with Gasteiger partial charge in [-0.3, -0.25) is 9.69 Å². The fourth-order valence-corrected chi connectivity index (χ4v) is 7.80. The summed E-state index contributed by atoms with van der Waals surface area (Å²) in [5.41, 5.74) is 0.856. The molecular weight excluding hydrogens is 454 g/mol. The molecule has 5 rings (SSSR count). The van der Waals surface area contributed by atoms with Gasteiger partial charge in [0, 0.05) is 25.6 Å². The molecule has 5 fully saturated rings. The molecule has 36 heavy (non-hydrogen) atoms. The number of carboxylic acids is 1. The number of hydrogen-bond acceptors (Lipinski definition) is 5. The number of carboxylic acid groups (broad SMARTS) is 1. The summed E-state index contributed by atoms with van der Waals surface area (Å²) < 4.78 is 18.0. The maximum Gasteiger partial charge on any atom is 0.323 e. The van der Waals surface area contributed by atoms with Gasteiger partial charge in [0.2, 0.25) is 0 Å². The van der Waals surface area contributed by atoms with Crippen molar-refractivity contribution >= 4 is 5.97 Å². The average Bonchev–Trinajstić information content (AvgIpc) is 3.46. The first-order valence-corrected chi connectivity index (χ1v) is 14.7. The summed E-state index contributed by atoms with van der Waals surface area (Å²) in [7, 11) is 0. The number of rotatable bonds is 6. The SMILES string of the molecule is C1CCCC1.C=C1CCC2C3COCOC3CCC2(C)C1CCOC1CCN(C(C)(C)C(=O)O)CC1. The minimum Gasteiger partial charge on any atom is -0.480 e. The lowest BCUT2D eigenvalue weighted by Gasteiger charge is -2.57. The number of aliphatic carboxylic acids is 1. The van der Waals surface area contributed by atoms with Crippen LogP contribution < -0.4 is 0 Å². The molecule has 0 radical (unpaired) electrons. The van der Waals surface area contributed by atoms with Crippen molar-refractivity contribution in [1.29, 1.82) is 0 Å². The molecule has 5 unspecified atom stereocenters. The third-order valence-electron chi connectivity index (χ3n) is 10.3. The van der Waals surface area contributed by atoms with Crippen LogP contribution in [0.1, 0.15) is 97.8 Å². The smallest absolute Gasteiger partial charge is 0.323 e. The van der Waals surface area contributed by atoms with Gasteiger partial charge in [-0.15, -0.1) is 0 Å². The van der Waals surface area contributed by atoms with Crippen molar-refractivity contribution in [3.63, 3.8) is 0 Å². The summed E-state index contributed by atoms with van der Waals surface area (Å²) in [5.74, 6) is 0.906. The van der Waals surface area contributed by atoms with Crippen molar-refractivity contribution in [2.24, 2.45) is 23.2 Å². The van der Waals surface area contributed by atoms with E-state index in [9.17, 15) is 9.90 Å². The largest absolute Gasteiger partial charge is 0.480 e. The van der Waals surface area contributed by atoms with Crippen LogP contribution in [-0.4, -0.2) is 66.8 Å². The maximum absolute atomic E-state index is 11.5. The third kappa shape index (κ3) is 6.19. The van der Waals surface area contributed by atoms with Crippen LogP contribution in [-0.2, 0) is 19.0 Å². The van der Waals surface area contributed by atoms with Crippen molar-refractivity contribution in [3.05, 3.63) is 12.2 Å². The molecular formula is C30H51NO5. The molecule has 206 valence electrons. The Labute approximate surface area is 219 Å². The van der Waals surface area contributed by atoms with Crippen LogP contribution >= 0.6 is 0 Å². The van der Waals surface area contributed by atoms with E-state index in [2.05, 4.69) is 18.4 Å². The molecule has 0 amide bonds. The number of nitrogens with zero attached hydrogens (tertiary/aromatic N) is 1. The van der Waals surface area contributed by atoms with Gasteiger partial charge in [0.05, 0.1) is 18.8 Å². The zero-order valence-electron chi connectivity index (χ0n) is 23.1. The number of hydrogen-bond donors (Lipinski definition) is 1. The van der Waals surface area contributed by atoms with Crippen LogP contribution in [0.25, 0.3) is 0 Å². The summed E-state index contributed by atoms with van der Waals surface area (Å²) in [6.45, 7) is 14.2. The lowest BCUT2D eigenvalue weighted by Crippen LogP contribution is -2.54. The Balaban J connectivity index is 0.000000543. The quantitative estimate of drug-likeness (QED) is 0.444. The van der Waals surface area contributed by atoms with Gasteiger partial charge in [-0.25, -0.2) is 0 Å². The molecule has 5 atom stereocenters. The predicted molar refractivity (Wildman–Crippen MR) is 142 cm³/mol. The molecule has 0 aromatic heterocycles. The van der Waals surface area contributed by atoms with Gasteiger partial charge in [-0.05, 0) is 76.0 Å². The third-order valence-corrected chi connectivity index (χ3v) is 10.3. The minimum atomic E-state index is -0.806. The molecule has 2 saturated heterocycles. The summed E-state index contributed by atoms with van der Waals surface area (Å²) in [6.07, 6.45) is 15.6. The fraction of sp³-hybridized carbons (Fsp3) is 0.900. The van der Waals surface area contributed by atoms with E-state index in [0.717, 1.165) is 58.4 Å². The van der Waals surface area contributed by atoms with E-state index in [-0.39, 0.29) is 11.5 Å². The Hall–Kier alpha value is -0.950. The van der Waals surface area contributed by atoms with Gasteiger partial charge in [-0.2, -0.15) is 0 Å². The molecule has 1 N–H and O–H groups in total. The predicted octanol–water partition coefficient (Wildman–Crippen LogP) is 6.04. The number of fused-ring (bicyclic) bond motifs is 3. The highest BCUT2D eigenvalue weighted by molar-refractivity contribution is 5.77. The van der Waals surface area contributed by atoms with Gasteiger partial charge in [0.25, 0.3) is 0 Å². The number of allylic oxidation sites excluding steroid dienone is 1. The Morgan fingerprint density at radius 2 is 1.81 bits per heavy atom. The fourth-order valence-electron chi connectivity index (χ4n) is 7.80. The first-order valence-electron chi connectivity index (χ1n) is 14.7.